The van der Waals surface area contributed by atoms with Crippen LogP contribution in [0.2, 0.25) is 0 Å². The number of aromatic amines is 1. The minimum atomic E-state index is -4.01. The van der Waals surface area contributed by atoms with E-state index in [1.807, 2.05) is 0 Å². The second-order valence-electron chi connectivity index (χ2n) is 7.50. The maximum Gasteiger partial charge on any atom is 0.264 e. The molecule has 2 N–H and O–H groups in total. The Bertz CT molecular complexity index is 1270. The average Bonchev–Trinajstić information content (AvgIpc) is 2.79. The van der Waals surface area contributed by atoms with E-state index < -0.39 is 27.2 Å². The third-order valence-corrected chi connectivity index (χ3v) is 7.04. The molecule has 3 aromatic rings. The number of rotatable bonds is 9. The lowest BCUT2D eigenvalue weighted by molar-refractivity contribution is 0.0951. The number of benzene rings is 2. The number of H-pyrrole nitrogens is 1. The van der Waals surface area contributed by atoms with Gasteiger partial charge in [0.25, 0.3) is 15.9 Å². The second-order valence-corrected chi connectivity index (χ2v) is 9.47. The van der Waals surface area contributed by atoms with Crippen LogP contribution < -0.4 is 15.1 Å². The number of pyridine rings is 1. The number of hydrogen-bond acceptors (Lipinski definition) is 4. The third-order valence-electron chi connectivity index (χ3n) is 5.26. The van der Waals surface area contributed by atoms with Crippen LogP contribution in [0, 0.1) is 5.82 Å². The van der Waals surface area contributed by atoms with E-state index in [9.17, 15) is 22.4 Å². The molecule has 7 nitrogen and oxygen atoms in total. The SMILES string of the molecule is CCCCCCNC(=O)c1c[nH]c2ccc(S(=O)(=O)N(C)c3ccc(F)cc3)cc2c1=O. The summed E-state index contributed by atoms with van der Waals surface area (Å²) in [6.45, 7) is 2.56. The van der Waals surface area contributed by atoms with Crippen molar-refractivity contribution in [3.05, 3.63) is 70.3 Å². The average molecular weight is 460 g/mol. The Hall–Kier alpha value is -3.20. The molecule has 3 rings (SSSR count). The van der Waals surface area contributed by atoms with E-state index in [0.29, 0.717) is 12.1 Å². The molecule has 0 spiro atoms. The van der Waals surface area contributed by atoms with Gasteiger partial charge in [-0.15, -0.1) is 0 Å². The van der Waals surface area contributed by atoms with Gasteiger partial charge in [-0.05, 0) is 48.9 Å². The number of carbonyl (C=O) groups is 1. The Morgan fingerprint density at radius 2 is 1.81 bits per heavy atom. The smallest absolute Gasteiger partial charge is 0.264 e. The number of carbonyl (C=O) groups excluding carboxylic acids is 1. The van der Waals surface area contributed by atoms with Crippen molar-refractivity contribution >= 4 is 32.5 Å². The predicted molar refractivity (Wildman–Crippen MR) is 123 cm³/mol. The molecule has 1 heterocycles. The molecular weight excluding hydrogens is 433 g/mol. The van der Waals surface area contributed by atoms with Gasteiger partial charge in [-0.25, -0.2) is 12.8 Å². The van der Waals surface area contributed by atoms with Crippen LogP contribution in [0.15, 0.2) is 58.4 Å². The summed E-state index contributed by atoms with van der Waals surface area (Å²) in [6.07, 6.45) is 5.32. The van der Waals surface area contributed by atoms with Gasteiger partial charge in [0, 0.05) is 30.7 Å². The Kier molecular flexibility index (Phi) is 7.29. The molecule has 0 bridgehead atoms. The number of fused-ring (bicyclic) bond motifs is 1. The highest BCUT2D eigenvalue weighted by Gasteiger charge is 2.23. The van der Waals surface area contributed by atoms with Gasteiger partial charge in [-0.1, -0.05) is 26.2 Å². The molecule has 170 valence electrons. The zero-order chi connectivity index (χ0) is 23.3. The van der Waals surface area contributed by atoms with Crippen molar-refractivity contribution in [3.8, 4) is 0 Å². The van der Waals surface area contributed by atoms with Crippen molar-refractivity contribution in [2.75, 3.05) is 17.9 Å². The summed E-state index contributed by atoms with van der Waals surface area (Å²) in [7, 11) is -2.67. The van der Waals surface area contributed by atoms with Gasteiger partial charge in [0.1, 0.15) is 11.4 Å². The molecule has 0 saturated heterocycles. The minimum absolute atomic E-state index is 0.0746. The van der Waals surface area contributed by atoms with E-state index in [1.165, 1.54) is 55.7 Å². The number of aromatic nitrogens is 1. The van der Waals surface area contributed by atoms with Crippen molar-refractivity contribution in [2.24, 2.45) is 0 Å². The van der Waals surface area contributed by atoms with Crippen LogP contribution in [0.5, 0.6) is 0 Å². The fourth-order valence-corrected chi connectivity index (χ4v) is 4.55. The number of nitrogens with zero attached hydrogens (tertiary/aromatic N) is 1. The fraction of sp³-hybridized carbons (Fsp3) is 0.304. The summed E-state index contributed by atoms with van der Waals surface area (Å²) < 4.78 is 40.3. The molecule has 0 fully saturated rings. The maximum absolute atomic E-state index is 13.2. The first-order valence-corrected chi connectivity index (χ1v) is 11.9. The molecule has 0 radical (unpaired) electrons. The molecule has 0 aliphatic rings. The normalized spacial score (nSPS) is 11.5. The quantitative estimate of drug-likeness (QED) is 0.476. The highest BCUT2D eigenvalue weighted by Crippen LogP contribution is 2.24. The first-order chi connectivity index (χ1) is 15.3. The summed E-state index contributed by atoms with van der Waals surface area (Å²) in [4.78, 5) is 28.2. The highest BCUT2D eigenvalue weighted by molar-refractivity contribution is 7.92. The third kappa shape index (κ3) is 4.99. The number of sulfonamides is 1. The van der Waals surface area contributed by atoms with Crippen molar-refractivity contribution in [1.82, 2.24) is 10.3 Å². The molecule has 0 atom stereocenters. The van der Waals surface area contributed by atoms with Gasteiger partial charge in [0.2, 0.25) is 5.43 Å². The Labute approximate surface area is 186 Å². The Morgan fingerprint density at radius 3 is 2.50 bits per heavy atom. The van der Waals surface area contributed by atoms with Crippen molar-refractivity contribution in [2.45, 2.75) is 37.5 Å². The lowest BCUT2D eigenvalue weighted by atomic mass is 10.1. The zero-order valence-electron chi connectivity index (χ0n) is 18.0. The fourth-order valence-electron chi connectivity index (χ4n) is 3.32. The van der Waals surface area contributed by atoms with Gasteiger partial charge in [0.15, 0.2) is 0 Å². The number of unbranched alkanes of at least 4 members (excludes halogenated alkanes) is 3. The van der Waals surface area contributed by atoms with Crippen molar-refractivity contribution in [1.29, 1.82) is 0 Å². The van der Waals surface area contributed by atoms with Crippen molar-refractivity contribution < 1.29 is 17.6 Å². The highest BCUT2D eigenvalue weighted by atomic mass is 32.2. The molecule has 1 amide bonds. The standard InChI is InChI=1S/C23H26FN3O4S/c1-3-4-5-6-13-25-23(29)20-15-26-21-12-11-18(14-19(21)22(20)28)32(30,31)27(2)17-9-7-16(24)8-10-17/h7-12,14-15H,3-6,13H2,1-2H3,(H,25,29)(H,26,28). The van der Waals surface area contributed by atoms with Crippen LogP contribution in [0.4, 0.5) is 10.1 Å². The Morgan fingerprint density at radius 1 is 1.09 bits per heavy atom. The Balaban J connectivity index is 1.90. The zero-order valence-corrected chi connectivity index (χ0v) is 18.8. The monoisotopic (exact) mass is 459 g/mol. The number of hydrogen-bond donors (Lipinski definition) is 2. The van der Waals surface area contributed by atoms with Gasteiger partial charge in [0.05, 0.1) is 10.6 Å². The van der Waals surface area contributed by atoms with Gasteiger partial charge >= 0.3 is 0 Å². The van der Waals surface area contributed by atoms with Crippen LogP contribution in [0.3, 0.4) is 0 Å². The van der Waals surface area contributed by atoms with E-state index in [4.69, 9.17) is 0 Å². The van der Waals surface area contributed by atoms with Crippen LogP contribution in [0.1, 0.15) is 43.0 Å². The van der Waals surface area contributed by atoms with Crippen LogP contribution in [-0.4, -0.2) is 32.9 Å². The molecule has 0 aliphatic heterocycles. The number of nitrogens with one attached hydrogen (secondary N) is 2. The largest absolute Gasteiger partial charge is 0.360 e. The van der Waals surface area contributed by atoms with Crippen LogP contribution in [-0.2, 0) is 10.0 Å². The van der Waals surface area contributed by atoms with E-state index in [-0.39, 0.29) is 21.5 Å². The first kappa shape index (κ1) is 23.5. The topological polar surface area (TPSA) is 99.3 Å². The molecule has 9 heteroatoms. The molecule has 1 aromatic heterocycles. The molecule has 0 saturated carbocycles. The lowest BCUT2D eigenvalue weighted by Gasteiger charge is -2.19. The molecule has 2 aromatic carbocycles. The molecule has 0 unspecified atom stereocenters. The molecule has 32 heavy (non-hydrogen) atoms. The maximum atomic E-state index is 13.2. The molecular formula is C23H26FN3O4S. The van der Waals surface area contributed by atoms with Gasteiger partial charge < -0.3 is 10.3 Å². The van der Waals surface area contributed by atoms with E-state index in [1.54, 1.807) is 0 Å². The van der Waals surface area contributed by atoms with Crippen LogP contribution >= 0.6 is 0 Å². The van der Waals surface area contributed by atoms with Gasteiger partial charge in [-0.2, -0.15) is 0 Å². The minimum Gasteiger partial charge on any atom is -0.360 e. The van der Waals surface area contributed by atoms with Crippen LogP contribution in [0.25, 0.3) is 10.9 Å². The van der Waals surface area contributed by atoms with Gasteiger partial charge in [-0.3, -0.25) is 13.9 Å². The van der Waals surface area contributed by atoms with Crippen molar-refractivity contribution in [3.63, 3.8) is 0 Å². The number of halogens is 1. The lowest BCUT2D eigenvalue weighted by Crippen LogP contribution is -2.30. The van der Waals surface area contributed by atoms with E-state index >= 15 is 0 Å². The number of anilines is 1. The predicted octanol–water partition coefficient (Wildman–Crippen LogP) is 3.80. The summed E-state index contributed by atoms with van der Waals surface area (Å²) >= 11 is 0. The second kappa shape index (κ2) is 9.95. The summed E-state index contributed by atoms with van der Waals surface area (Å²) in [5.41, 5.74) is 0.0650. The number of amides is 1. The van der Waals surface area contributed by atoms with E-state index in [0.717, 1.165) is 30.0 Å². The van der Waals surface area contributed by atoms with E-state index in [2.05, 4.69) is 17.2 Å². The first-order valence-electron chi connectivity index (χ1n) is 10.4. The summed E-state index contributed by atoms with van der Waals surface area (Å²) in [5.74, 6) is -0.978. The summed E-state index contributed by atoms with van der Waals surface area (Å²) in [6, 6.07) is 9.14. The molecule has 0 aliphatic carbocycles. The summed E-state index contributed by atoms with van der Waals surface area (Å²) in [5, 5.41) is 2.83.